The highest BCUT2D eigenvalue weighted by molar-refractivity contribution is 14.1. The van der Waals surface area contributed by atoms with Gasteiger partial charge in [-0.15, -0.1) is 11.6 Å². The summed E-state index contributed by atoms with van der Waals surface area (Å²) >= 11 is 7.46. The number of fused-ring (bicyclic) bond motifs is 1. The van der Waals surface area contributed by atoms with E-state index < -0.39 is 18.8 Å². The Balaban J connectivity index is 2.60. The molecule has 2 aromatic rings. The topological polar surface area (TPSA) is 17.8 Å². The normalized spacial score (nSPS) is 11.7. The molecule has 0 aliphatic rings. The minimum absolute atomic E-state index is 0.284. The van der Waals surface area contributed by atoms with E-state index in [0.717, 1.165) is 0 Å². The van der Waals surface area contributed by atoms with Crippen molar-refractivity contribution in [1.29, 1.82) is 0 Å². The van der Waals surface area contributed by atoms with E-state index in [4.69, 9.17) is 11.6 Å². The van der Waals surface area contributed by atoms with Crippen molar-refractivity contribution in [3.8, 4) is 0 Å². The fraction of sp³-hybridized carbons (Fsp3) is 0.364. The quantitative estimate of drug-likeness (QED) is 0.575. The SMILES string of the molecule is Fc1cc2c(cc1I)nc(CCCl)n2CC(F)F. The molecule has 0 radical (unpaired) electrons. The Kier molecular flexibility index (Phi) is 4.37. The summed E-state index contributed by atoms with van der Waals surface area (Å²) in [6.07, 6.45) is -2.14. The molecule has 0 N–H and O–H groups in total. The lowest BCUT2D eigenvalue weighted by molar-refractivity contribution is 0.127. The third-order valence-corrected chi connectivity index (χ3v) is 3.52. The lowest BCUT2D eigenvalue weighted by atomic mass is 10.3. The van der Waals surface area contributed by atoms with E-state index >= 15 is 0 Å². The second-order valence-corrected chi connectivity index (χ2v) is 5.26. The number of aryl methyl sites for hydroxylation is 1. The summed E-state index contributed by atoms with van der Waals surface area (Å²) in [6.45, 7) is -0.497. The molecule has 0 aliphatic carbocycles. The van der Waals surface area contributed by atoms with Gasteiger partial charge in [-0.05, 0) is 28.7 Å². The van der Waals surface area contributed by atoms with Gasteiger partial charge in [0, 0.05) is 18.4 Å². The molecule has 0 atom stereocenters. The summed E-state index contributed by atoms with van der Waals surface area (Å²) < 4.78 is 40.3. The standard InChI is InChI=1S/C11H9ClF3IN2/c12-2-1-11-17-8-4-7(16)6(13)3-9(8)18(11)5-10(14)15/h3-4,10H,1-2,5H2. The van der Waals surface area contributed by atoms with Crippen molar-refractivity contribution < 1.29 is 13.2 Å². The van der Waals surface area contributed by atoms with Crippen molar-refractivity contribution in [3.05, 3.63) is 27.3 Å². The summed E-state index contributed by atoms with van der Waals surface area (Å²) in [5, 5.41) is 0. The maximum absolute atomic E-state index is 13.5. The number of aromatic nitrogens is 2. The van der Waals surface area contributed by atoms with Crippen molar-refractivity contribution in [2.75, 3.05) is 5.88 Å². The molecular formula is C11H9ClF3IN2. The van der Waals surface area contributed by atoms with Gasteiger partial charge in [-0.3, -0.25) is 0 Å². The van der Waals surface area contributed by atoms with Gasteiger partial charge in [0.2, 0.25) is 0 Å². The number of hydrogen-bond acceptors (Lipinski definition) is 1. The van der Waals surface area contributed by atoms with Crippen LogP contribution in [-0.4, -0.2) is 21.9 Å². The predicted octanol–water partition coefficient (Wildman–Crippen LogP) is 3.83. The van der Waals surface area contributed by atoms with Gasteiger partial charge in [0.1, 0.15) is 11.6 Å². The van der Waals surface area contributed by atoms with Gasteiger partial charge in [0.15, 0.2) is 0 Å². The van der Waals surface area contributed by atoms with Crippen molar-refractivity contribution in [3.63, 3.8) is 0 Å². The van der Waals surface area contributed by atoms with Crippen LogP contribution in [0.25, 0.3) is 11.0 Å². The van der Waals surface area contributed by atoms with Crippen LogP contribution in [0.5, 0.6) is 0 Å². The molecule has 0 spiro atoms. The van der Waals surface area contributed by atoms with E-state index in [9.17, 15) is 13.2 Å². The molecule has 7 heteroatoms. The van der Waals surface area contributed by atoms with Gasteiger partial charge in [-0.25, -0.2) is 18.2 Å². The Hall–Kier alpha value is -0.500. The van der Waals surface area contributed by atoms with Crippen LogP contribution in [-0.2, 0) is 13.0 Å². The molecule has 2 rings (SSSR count). The number of nitrogens with zero attached hydrogens (tertiary/aromatic N) is 2. The molecule has 98 valence electrons. The first kappa shape index (κ1) is 13.9. The highest BCUT2D eigenvalue weighted by Crippen LogP contribution is 2.23. The van der Waals surface area contributed by atoms with E-state index in [1.165, 1.54) is 10.6 Å². The molecular weight excluding hydrogens is 379 g/mol. The molecule has 0 bridgehead atoms. The third kappa shape index (κ3) is 2.74. The fourth-order valence-electron chi connectivity index (χ4n) is 1.79. The molecule has 0 aliphatic heterocycles. The lowest BCUT2D eigenvalue weighted by Gasteiger charge is -2.07. The number of benzene rings is 1. The van der Waals surface area contributed by atoms with Crippen molar-refractivity contribution >= 4 is 45.2 Å². The van der Waals surface area contributed by atoms with Crippen LogP contribution in [0.3, 0.4) is 0 Å². The number of halogens is 5. The van der Waals surface area contributed by atoms with Crippen LogP contribution in [0.15, 0.2) is 12.1 Å². The van der Waals surface area contributed by atoms with Crippen LogP contribution >= 0.6 is 34.2 Å². The summed E-state index contributed by atoms with van der Waals surface area (Å²) in [7, 11) is 0. The largest absolute Gasteiger partial charge is 0.322 e. The molecule has 0 saturated carbocycles. The first-order valence-corrected chi connectivity index (χ1v) is 6.82. The molecule has 0 unspecified atom stereocenters. The van der Waals surface area contributed by atoms with Gasteiger partial charge < -0.3 is 4.57 Å². The van der Waals surface area contributed by atoms with Gasteiger partial charge in [0.25, 0.3) is 6.43 Å². The maximum atomic E-state index is 13.5. The van der Waals surface area contributed by atoms with Crippen molar-refractivity contribution in [1.82, 2.24) is 9.55 Å². The monoisotopic (exact) mass is 388 g/mol. The smallest absolute Gasteiger partial charge is 0.256 e. The van der Waals surface area contributed by atoms with Gasteiger partial charge in [-0.1, -0.05) is 0 Å². The predicted molar refractivity (Wildman–Crippen MR) is 72.8 cm³/mol. The van der Waals surface area contributed by atoms with E-state index in [-0.39, 0.29) is 5.88 Å². The Morgan fingerprint density at radius 1 is 1.39 bits per heavy atom. The molecule has 0 saturated heterocycles. The van der Waals surface area contributed by atoms with Crippen LogP contribution in [0.2, 0.25) is 0 Å². The number of alkyl halides is 3. The Morgan fingerprint density at radius 2 is 2.11 bits per heavy atom. The zero-order valence-corrected chi connectivity index (χ0v) is 12.1. The Morgan fingerprint density at radius 3 is 2.72 bits per heavy atom. The minimum atomic E-state index is -2.51. The van der Waals surface area contributed by atoms with Gasteiger partial charge in [0.05, 0.1) is 21.1 Å². The first-order chi connectivity index (χ1) is 8.52. The summed E-state index contributed by atoms with van der Waals surface area (Å²) in [5.41, 5.74) is 0.898. The Labute approximate surface area is 120 Å². The van der Waals surface area contributed by atoms with E-state index in [0.29, 0.717) is 26.8 Å². The van der Waals surface area contributed by atoms with Crippen LogP contribution < -0.4 is 0 Å². The zero-order valence-electron chi connectivity index (χ0n) is 9.14. The minimum Gasteiger partial charge on any atom is -0.322 e. The lowest BCUT2D eigenvalue weighted by Crippen LogP contribution is -2.10. The Bertz CT molecular complexity index is 571. The van der Waals surface area contributed by atoms with E-state index in [1.807, 2.05) is 22.6 Å². The highest BCUT2D eigenvalue weighted by Gasteiger charge is 2.16. The molecule has 1 heterocycles. The summed E-state index contributed by atoms with van der Waals surface area (Å²) in [6, 6.07) is 2.79. The third-order valence-electron chi connectivity index (χ3n) is 2.51. The average Bonchev–Trinajstić information content (AvgIpc) is 2.58. The molecule has 18 heavy (non-hydrogen) atoms. The average molecular weight is 389 g/mol. The maximum Gasteiger partial charge on any atom is 0.256 e. The van der Waals surface area contributed by atoms with Gasteiger partial charge >= 0.3 is 0 Å². The zero-order chi connectivity index (χ0) is 13.3. The molecule has 0 amide bonds. The highest BCUT2D eigenvalue weighted by atomic mass is 127. The fourth-order valence-corrected chi connectivity index (χ4v) is 2.41. The summed E-state index contributed by atoms with van der Waals surface area (Å²) in [5.74, 6) is 0.309. The molecule has 2 nitrogen and oxygen atoms in total. The van der Waals surface area contributed by atoms with Crippen molar-refractivity contribution in [2.24, 2.45) is 0 Å². The second-order valence-electron chi connectivity index (χ2n) is 3.72. The van der Waals surface area contributed by atoms with Crippen LogP contribution in [0.1, 0.15) is 5.82 Å². The number of rotatable bonds is 4. The molecule has 1 aromatic heterocycles. The number of hydrogen-bond donors (Lipinski definition) is 0. The molecule has 1 aromatic carbocycles. The van der Waals surface area contributed by atoms with E-state index in [1.54, 1.807) is 6.07 Å². The molecule has 0 fully saturated rings. The number of imidazole rings is 1. The van der Waals surface area contributed by atoms with E-state index in [2.05, 4.69) is 4.98 Å². The summed E-state index contributed by atoms with van der Waals surface area (Å²) in [4.78, 5) is 4.23. The van der Waals surface area contributed by atoms with Gasteiger partial charge in [-0.2, -0.15) is 0 Å². The van der Waals surface area contributed by atoms with Crippen LogP contribution in [0.4, 0.5) is 13.2 Å². The first-order valence-electron chi connectivity index (χ1n) is 5.21. The van der Waals surface area contributed by atoms with Crippen LogP contribution in [0, 0.1) is 9.39 Å². The van der Waals surface area contributed by atoms with Crippen molar-refractivity contribution in [2.45, 2.75) is 19.4 Å². The second kappa shape index (κ2) is 5.64.